The standard InChI is InChI=1S/C22H19Cl2NO2/c1-2-26-20-9-7-19(8-10-20)25-14-16-6-11-22(21(24)13-16)27-15-17-4-3-5-18(23)12-17/h3-14H,2,15H2,1H3. The lowest BCUT2D eigenvalue weighted by Crippen LogP contribution is -1.96. The van der Waals surface area contributed by atoms with Crippen molar-refractivity contribution in [3.05, 3.63) is 87.9 Å². The summed E-state index contributed by atoms with van der Waals surface area (Å²) < 4.78 is 11.2. The minimum Gasteiger partial charge on any atom is -0.494 e. The molecule has 0 bridgehead atoms. The molecular weight excluding hydrogens is 381 g/mol. The van der Waals surface area contributed by atoms with E-state index in [0.29, 0.717) is 29.0 Å². The Kier molecular flexibility index (Phi) is 6.74. The molecule has 0 aliphatic carbocycles. The third-order valence-corrected chi connectivity index (χ3v) is 4.28. The Hall–Kier alpha value is -2.49. The van der Waals surface area contributed by atoms with Crippen molar-refractivity contribution in [2.75, 3.05) is 6.61 Å². The summed E-state index contributed by atoms with van der Waals surface area (Å²) in [6, 6.07) is 20.7. The van der Waals surface area contributed by atoms with Gasteiger partial charge >= 0.3 is 0 Å². The van der Waals surface area contributed by atoms with Gasteiger partial charge in [0, 0.05) is 11.2 Å². The highest BCUT2D eigenvalue weighted by molar-refractivity contribution is 6.32. The van der Waals surface area contributed by atoms with Gasteiger partial charge in [0.2, 0.25) is 0 Å². The topological polar surface area (TPSA) is 30.8 Å². The summed E-state index contributed by atoms with van der Waals surface area (Å²) in [5.74, 6) is 1.45. The quantitative estimate of drug-likeness (QED) is 0.412. The van der Waals surface area contributed by atoms with Gasteiger partial charge in [-0.05, 0) is 72.6 Å². The molecule has 0 radical (unpaired) electrons. The lowest BCUT2D eigenvalue weighted by atomic mass is 10.2. The normalized spacial score (nSPS) is 10.9. The zero-order valence-corrected chi connectivity index (χ0v) is 16.4. The third-order valence-electron chi connectivity index (χ3n) is 3.75. The lowest BCUT2D eigenvalue weighted by molar-refractivity contribution is 0.306. The monoisotopic (exact) mass is 399 g/mol. The highest BCUT2D eigenvalue weighted by Crippen LogP contribution is 2.26. The number of hydrogen-bond acceptors (Lipinski definition) is 3. The van der Waals surface area contributed by atoms with Crippen molar-refractivity contribution < 1.29 is 9.47 Å². The molecule has 3 aromatic rings. The first-order valence-electron chi connectivity index (χ1n) is 8.58. The molecule has 0 unspecified atom stereocenters. The molecule has 0 aliphatic rings. The minimum absolute atomic E-state index is 0.403. The Morgan fingerprint density at radius 3 is 2.44 bits per heavy atom. The molecule has 0 aliphatic heterocycles. The first kappa shape index (κ1) is 19.3. The van der Waals surface area contributed by atoms with Crippen LogP contribution in [0, 0.1) is 0 Å². The van der Waals surface area contributed by atoms with Crippen LogP contribution in [0.3, 0.4) is 0 Å². The van der Waals surface area contributed by atoms with Crippen molar-refractivity contribution in [3.8, 4) is 11.5 Å². The molecule has 3 rings (SSSR count). The highest BCUT2D eigenvalue weighted by Gasteiger charge is 2.04. The summed E-state index contributed by atoms with van der Waals surface area (Å²) in [5, 5.41) is 1.22. The number of benzene rings is 3. The Balaban J connectivity index is 1.63. The molecule has 0 amide bonds. The predicted molar refractivity (Wildman–Crippen MR) is 112 cm³/mol. The summed E-state index contributed by atoms with van der Waals surface area (Å²) in [6.07, 6.45) is 1.77. The van der Waals surface area contributed by atoms with E-state index in [-0.39, 0.29) is 0 Å². The average molecular weight is 400 g/mol. The Bertz CT molecular complexity index is 924. The Labute approximate surface area is 169 Å². The zero-order valence-electron chi connectivity index (χ0n) is 14.9. The van der Waals surface area contributed by atoms with E-state index in [1.54, 1.807) is 6.21 Å². The number of aliphatic imine (C=N–C) groups is 1. The molecular formula is C22H19Cl2NO2. The zero-order chi connectivity index (χ0) is 19.1. The second kappa shape index (κ2) is 9.45. The van der Waals surface area contributed by atoms with E-state index in [9.17, 15) is 0 Å². The maximum Gasteiger partial charge on any atom is 0.138 e. The van der Waals surface area contributed by atoms with Crippen molar-refractivity contribution in [3.63, 3.8) is 0 Å². The summed E-state index contributed by atoms with van der Waals surface area (Å²) >= 11 is 12.3. The fourth-order valence-corrected chi connectivity index (χ4v) is 2.90. The van der Waals surface area contributed by atoms with Gasteiger partial charge in [-0.15, -0.1) is 0 Å². The maximum atomic E-state index is 6.33. The lowest BCUT2D eigenvalue weighted by Gasteiger charge is -2.09. The summed E-state index contributed by atoms with van der Waals surface area (Å²) in [6.45, 7) is 3.00. The van der Waals surface area contributed by atoms with E-state index in [2.05, 4.69) is 4.99 Å². The second-order valence-electron chi connectivity index (χ2n) is 5.79. The van der Waals surface area contributed by atoms with E-state index < -0.39 is 0 Å². The number of rotatable bonds is 7. The molecule has 3 nitrogen and oxygen atoms in total. The van der Waals surface area contributed by atoms with Crippen molar-refractivity contribution >= 4 is 35.1 Å². The molecule has 0 saturated carbocycles. The second-order valence-corrected chi connectivity index (χ2v) is 6.64. The van der Waals surface area contributed by atoms with Crippen molar-refractivity contribution in [1.29, 1.82) is 0 Å². The van der Waals surface area contributed by atoms with Crippen molar-refractivity contribution in [2.24, 2.45) is 4.99 Å². The number of nitrogens with zero attached hydrogens (tertiary/aromatic N) is 1. The Morgan fingerprint density at radius 2 is 1.74 bits per heavy atom. The average Bonchev–Trinajstić information content (AvgIpc) is 2.67. The molecule has 5 heteroatoms. The molecule has 0 heterocycles. The van der Waals surface area contributed by atoms with Gasteiger partial charge in [0.1, 0.15) is 18.1 Å². The van der Waals surface area contributed by atoms with Crippen LogP contribution >= 0.6 is 23.2 Å². The number of hydrogen-bond donors (Lipinski definition) is 0. The van der Waals surface area contributed by atoms with E-state index in [1.165, 1.54) is 0 Å². The van der Waals surface area contributed by atoms with Crippen LogP contribution in [0.1, 0.15) is 18.1 Å². The summed E-state index contributed by atoms with van der Waals surface area (Å²) in [7, 11) is 0. The van der Waals surface area contributed by atoms with Crippen molar-refractivity contribution in [1.82, 2.24) is 0 Å². The first-order valence-corrected chi connectivity index (χ1v) is 9.33. The van der Waals surface area contributed by atoms with Gasteiger partial charge in [-0.25, -0.2) is 0 Å². The van der Waals surface area contributed by atoms with Gasteiger partial charge in [-0.1, -0.05) is 35.3 Å². The molecule has 0 N–H and O–H groups in total. The van der Waals surface area contributed by atoms with Crippen LogP contribution in [0.15, 0.2) is 71.7 Å². The molecule has 0 atom stereocenters. The van der Waals surface area contributed by atoms with Gasteiger partial charge in [0.25, 0.3) is 0 Å². The van der Waals surface area contributed by atoms with Crippen LogP contribution in [0.5, 0.6) is 11.5 Å². The summed E-state index contributed by atoms with van der Waals surface area (Å²) in [4.78, 5) is 4.46. The smallest absolute Gasteiger partial charge is 0.138 e. The van der Waals surface area contributed by atoms with Crippen LogP contribution in [0.4, 0.5) is 5.69 Å². The molecule has 0 saturated heterocycles. The Morgan fingerprint density at radius 1 is 0.926 bits per heavy atom. The fourth-order valence-electron chi connectivity index (χ4n) is 2.45. The molecule has 0 aromatic heterocycles. The molecule has 27 heavy (non-hydrogen) atoms. The van der Waals surface area contributed by atoms with Gasteiger partial charge in [0.05, 0.1) is 17.3 Å². The molecule has 0 fully saturated rings. The largest absolute Gasteiger partial charge is 0.494 e. The number of ether oxygens (including phenoxy) is 2. The predicted octanol–water partition coefficient (Wildman–Crippen LogP) is 6.72. The molecule has 138 valence electrons. The van der Waals surface area contributed by atoms with E-state index >= 15 is 0 Å². The minimum atomic E-state index is 0.403. The van der Waals surface area contributed by atoms with Gasteiger partial charge in [0.15, 0.2) is 0 Å². The van der Waals surface area contributed by atoms with Gasteiger partial charge < -0.3 is 9.47 Å². The first-order chi connectivity index (χ1) is 13.1. The number of halogens is 2. The van der Waals surface area contributed by atoms with Crippen LogP contribution in [0.2, 0.25) is 10.0 Å². The third kappa shape index (κ3) is 5.75. The SMILES string of the molecule is CCOc1ccc(N=Cc2ccc(OCc3cccc(Cl)c3)c(Cl)c2)cc1. The van der Waals surface area contributed by atoms with Gasteiger partial charge in [-0.2, -0.15) is 0 Å². The van der Waals surface area contributed by atoms with Gasteiger partial charge in [-0.3, -0.25) is 4.99 Å². The van der Waals surface area contributed by atoms with E-state index in [4.69, 9.17) is 32.7 Å². The van der Waals surface area contributed by atoms with Crippen LogP contribution in [-0.2, 0) is 6.61 Å². The highest BCUT2D eigenvalue weighted by atomic mass is 35.5. The van der Waals surface area contributed by atoms with E-state index in [0.717, 1.165) is 22.6 Å². The molecule has 3 aromatic carbocycles. The van der Waals surface area contributed by atoms with Crippen LogP contribution in [-0.4, -0.2) is 12.8 Å². The van der Waals surface area contributed by atoms with Crippen LogP contribution < -0.4 is 9.47 Å². The maximum absolute atomic E-state index is 6.33. The van der Waals surface area contributed by atoms with E-state index in [1.807, 2.05) is 73.7 Å². The fraction of sp³-hybridized carbons (Fsp3) is 0.136. The van der Waals surface area contributed by atoms with Crippen molar-refractivity contribution in [2.45, 2.75) is 13.5 Å². The molecule has 0 spiro atoms. The van der Waals surface area contributed by atoms with Crippen LogP contribution in [0.25, 0.3) is 0 Å². The summed E-state index contributed by atoms with van der Waals surface area (Å²) in [5.41, 5.74) is 2.72.